The quantitative estimate of drug-likeness (QED) is 0.448. The Labute approximate surface area is 185 Å². The van der Waals surface area contributed by atoms with Crippen LogP contribution in [0.4, 0.5) is 15.9 Å². The van der Waals surface area contributed by atoms with Crippen molar-refractivity contribution in [1.82, 2.24) is 14.9 Å². The van der Waals surface area contributed by atoms with Crippen molar-refractivity contribution in [1.29, 1.82) is 0 Å². The third-order valence-electron chi connectivity index (χ3n) is 4.92. The molecule has 158 valence electrons. The van der Waals surface area contributed by atoms with Crippen LogP contribution in [-0.4, -0.2) is 40.7 Å². The van der Waals surface area contributed by atoms with Crippen molar-refractivity contribution in [3.63, 3.8) is 0 Å². The molecule has 0 saturated heterocycles. The van der Waals surface area contributed by atoms with E-state index in [2.05, 4.69) is 20.2 Å². The highest BCUT2D eigenvalue weighted by Crippen LogP contribution is 2.22. The van der Waals surface area contributed by atoms with Crippen LogP contribution in [-0.2, 0) is 6.54 Å². The second-order valence-electron chi connectivity index (χ2n) is 7.36. The van der Waals surface area contributed by atoms with Crippen molar-refractivity contribution in [2.75, 3.05) is 25.5 Å². The molecule has 0 amide bonds. The van der Waals surface area contributed by atoms with Crippen LogP contribution in [0.3, 0.4) is 0 Å². The molecule has 1 aromatic heterocycles. The molecule has 0 radical (unpaired) electrons. The normalized spacial score (nSPS) is 14.9. The summed E-state index contributed by atoms with van der Waals surface area (Å²) in [5.74, 6) is 0.284. The van der Waals surface area contributed by atoms with Crippen molar-refractivity contribution in [2.24, 2.45) is 10.7 Å². The predicted molar refractivity (Wildman–Crippen MR) is 122 cm³/mol. The molecule has 3 aromatic rings. The second kappa shape index (κ2) is 9.24. The van der Waals surface area contributed by atoms with Crippen LogP contribution in [0.1, 0.15) is 11.1 Å². The summed E-state index contributed by atoms with van der Waals surface area (Å²) in [5.41, 5.74) is 10.7. The number of halogens is 2. The molecule has 0 atom stereocenters. The van der Waals surface area contributed by atoms with Gasteiger partial charge in [0.1, 0.15) is 11.6 Å². The summed E-state index contributed by atoms with van der Waals surface area (Å²) in [5, 5.41) is 3.38. The summed E-state index contributed by atoms with van der Waals surface area (Å²) < 4.78 is 14.6. The Morgan fingerprint density at radius 2 is 2.03 bits per heavy atom. The Hall–Kier alpha value is -3.29. The standard InChI is InChI=1S/C23H22ClFN6/c1-31-13-18(20(26)14-31)22(17-7-2-3-8-19(17)25)28-12-15-5-4-6-16(11-15)29-21-9-10-27-23(24)30-21/h2-11H,12-14,26H2,1H3,(H,27,29,30). The molecule has 3 N–H and O–H groups in total. The number of nitrogens with one attached hydrogen (secondary N) is 1. The van der Waals surface area contributed by atoms with Crippen molar-refractivity contribution in [2.45, 2.75) is 6.54 Å². The maximum atomic E-state index is 14.6. The van der Waals surface area contributed by atoms with E-state index in [1.807, 2.05) is 31.3 Å². The van der Waals surface area contributed by atoms with Gasteiger partial charge < -0.3 is 11.1 Å². The molecule has 0 bridgehead atoms. The molecule has 2 heterocycles. The van der Waals surface area contributed by atoms with Gasteiger partial charge in [0.05, 0.1) is 12.3 Å². The summed E-state index contributed by atoms with van der Waals surface area (Å²) in [6.45, 7) is 1.66. The van der Waals surface area contributed by atoms with Crippen molar-refractivity contribution in [3.8, 4) is 0 Å². The van der Waals surface area contributed by atoms with Gasteiger partial charge >= 0.3 is 0 Å². The fraction of sp³-hybridized carbons (Fsp3) is 0.174. The first-order chi connectivity index (χ1) is 15.0. The van der Waals surface area contributed by atoms with E-state index in [0.29, 0.717) is 36.7 Å². The van der Waals surface area contributed by atoms with Crippen LogP contribution in [0.2, 0.25) is 5.28 Å². The largest absolute Gasteiger partial charge is 0.401 e. The molecule has 0 spiro atoms. The van der Waals surface area contributed by atoms with Gasteiger partial charge in [0.25, 0.3) is 0 Å². The molecular weight excluding hydrogens is 415 g/mol. The van der Waals surface area contributed by atoms with E-state index in [-0.39, 0.29) is 11.1 Å². The molecular formula is C23H22ClFN6. The van der Waals surface area contributed by atoms with Crippen molar-refractivity contribution < 1.29 is 4.39 Å². The molecule has 8 heteroatoms. The van der Waals surface area contributed by atoms with E-state index in [0.717, 1.165) is 22.5 Å². The molecule has 2 aromatic carbocycles. The van der Waals surface area contributed by atoms with E-state index in [1.165, 1.54) is 6.07 Å². The average Bonchev–Trinajstić information content (AvgIpc) is 3.07. The molecule has 1 aliphatic heterocycles. The van der Waals surface area contributed by atoms with Gasteiger partial charge in [0.15, 0.2) is 0 Å². The summed E-state index contributed by atoms with van der Waals surface area (Å²) in [7, 11) is 1.98. The lowest BCUT2D eigenvalue weighted by Gasteiger charge is -2.12. The lowest BCUT2D eigenvalue weighted by molar-refractivity contribution is 0.426. The number of benzene rings is 2. The molecule has 1 aliphatic rings. The number of nitrogens with two attached hydrogens (primary N) is 1. The Morgan fingerprint density at radius 3 is 2.77 bits per heavy atom. The molecule has 4 rings (SSSR count). The highest BCUT2D eigenvalue weighted by molar-refractivity contribution is 6.28. The third kappa shape index (κ3) is 5.07. The van der Waals surface area contributed by atoms with Crippen LogP contribution < -0.4 is 11.1 Å². The van der Waals surface area contributed by atoms with Crippen LogP contribution in [0.5, 0.6) is 0 Å². The van der Waals surface area contributed by atoms with Gasteiger partial charge in [-0.2, -0.15) is 0 Å². The minimum absolute atomic E-state index is 0.174. The maximum Gasteiger partial charge on any atom is 0.224 e. The number of likely N-dealkylation sites (N-methyl/N-ethyl adjacent to an activating group) is 1. The summed E-state index contributed by atoms with van der Waals surface area (Å²) in [4.78, 5) is 14.9. The first kappa shape index (κ1) is 21.0. The van der Waals surface area contributed by atoms with Gasteiger partial charge in [-0.1, -0.05) is 24.3 Å². The molecule has 0 aliphatic carbocycles. The van der Waals surface area contributed by atoms with Crippen LogP contribution in [0.25, 0.3) is 0 Å². The molecule has 0 saturated carbocycles. The van der Waals surface area contributed by atoms with Gasteiger partial charge in [-0.3, -0.25) is 9.89 Å². The van der Waals surface area contributed by atoms with Gasteiger partial charge in [-0.15, -0.1) is 0 Å². The van der Waals surface area contributed by atoms with E-state index < -0.39 is 0 Å². The number of hydrogen-bond acceptors (Lipinski definition) is 6. The fourth-order valence-electron chi connectivity index (χ4n) is 3.51. The number of rotatable bonds is 6. The molecule has 0 unspecified atom stereocenters. The van der Waals surface area contributed by atoms with E-state index >= 15 is 0 Å². The van der Waals surface area contributed by atoms with E-state index in [4.69, 9.17) is 22.3 Å². The molecule has 0 fully saturated rings. The highest BCUT2D eigenvalue weighted by Gasteiger charge is 2.23. The lowest BCUT2D eigenvalue weighted by atomic mass is 10.0. The number of nitrogens with zero attached hydrogens (tertiary/aromatic N) is 4. The van der Waals surface area contributed by atoms with Crippen molar-refractivity contribution in [3.05, 3.63) is 94.3 Å². The monoisotopic (exact) mass is 436 g/mol. The average molecular weight is 437 g/mol. The zero-order valence-corrected chi connectivity index (χ0v) is 17.8. The van der Waals surface area contributed by atoms with Crippen LogP contribution >= 0.6 is 11.6 Å². The zero-order valence-electron chi connectivity index (χ0n) is 17.0. The predicted octanol–water partition coefficient (Wildman–Crippen LogP) is 4.16. The SMILES string of the molecule is CN1CC(N)=C(C(=NCc2cccc(Nc3ccnc(Cl)n3)c2)c2ccccc2F)C1. The van der Waals surface area contributed by atoms with Crippen LogP contribution in [0.15, 0.2) is 77.1 Å². The third-order valence-corrected chi connectivity index (χ3v) is 5.10. The van der Waals surface area contributed by atoms with Gasteiger partial charge in [-0.25, -0.2) is 14.4 Å². The molecule has 31 heavy (non-hydrogen) atoms. The second-order valence-corrected chi connectivity index (χ2v) is 7.70. The summed E-state index contributed by atoms with van der Waals surface area (Å²) in [6.07, 6.45) is 1.59. The van der Waals surface area contributed by atoms with Gasteiger partial charge in [0, 0.05) is 41.8 Å². The Kier molecular flexibility index (Phi) is 6.25. The van der Waals surface area contributed by atoms with E-state index in [1.54, 1.807) is 30.5 Å². The van der Waals surface area contributed by atoms with E-state index in [9.17, 15) is 4.39 Å². The number of aromatic nitrogens is 2. The number of aliphatic imine (C=N–C) groups is 1. The van der Waals surface area contributed by atoms with Crippen molar-refractivity contribution >= 4 is 28.8 Å². The minimum atomic E-state index is -0.313. The fourth-order valence-corrected chi connectivity index (χ4v) is 3.65. The summed E-state index contributed by atoms with van der Waals surface area (Å²) in [6, 6.07) is 16.2. The smallest absolute Gasteiger partial charge is 0.224 e. The Bertz CT molecular complexity index is 1160. The number of anilines is 2. The lowest BCUT2D eigenvalue weighted by Crippen LogP contribution is -2.18. The topological polar surface area (TPSA) is 79.4 Å². The highest BCUT2D eigenvalue weighted by atomic mass is 35.5. The molecule has 6 nitrogen and oxygen atoms in total. The Morgan fingerprint density at radius 1 is 1.19 bits per heavy atom. The minimum Gasteiger partial charge on any atom is -0.401 e. The maximum absolute atomic E-state index is 14.6. The Balaban J connectivity index is 1.62. The number of hydrogen-bond donors (Lipinski definition) is 2. The van der Waals surface area contributed by atoms with Gasteiger partial charge in [0.2, 0.25) is 5.28 Å². The van der Waals surface area contributed by atoms with Crippen LogP contribution in [0, 0.1) is 5.82 Å². The van der Waals surface area contributed by atoms with Gasteiger partial charge in [-0.05, 0) is 54.5 Å². The first-order valence-corrected chi connectivity index (χ1v) is 10.2. The summed E-state index contributed by atoms with van der Waals surface area (Å²) >= 11 is 5.85. The zero-order chi connectivity index (χ0) is 21.8. The first-order valence-electron chi connectivity index (χ1n) is 9.80.